The van der Waals surface area contributed by atoms with Crippen molar-refractivity contribution < 1.29 is 23.9 Å². The number of rotatable bonds is 6. The first-order valence-electron chi connectivity index (χ1n) is 9.03. The highest BCUT2D eigenvalue weighted by Crippen LogP contribution is 2.69. The van der Waals surface area contributed by atoms with Gasteiger partial charge in [0.25, 0.3) is 0 Å². The molecule has 136 valence electrons. The van der Waals surface area contributed by atoms with Gasteiger partial charge in [0.15, 0.2) is 0 Å². The van der Waals surface area contributed by atoms with Gasteiger partial charge in [0, 0.05) is 12.0 Å². The van der Waals surface area contributed by atoms with Crippen LogP contribution >= 0.6 is 0 Å². The molecule has 26 heavy (non-hydrogen) atoms. The summed E-state index contributed by atoms with van der Waals surface area (Å²) in [7, 11) is 0. The number of hydrogen-bond acceptors (Lipinski definition) is 4. The molecule has 4 bridgehead atoms. The normalized spacial score (nSPS) is 33.5. The Balaban J connectivity index is 1.47. The molecule has 1 aromatic rings. The van der Waals surface area contributed by atoms with Crippen LogP contribution in [-0.4, -0.2) is 35.0 Å². The van der Waals surface area contributed by atoms with Crippen molar-refractivity contribution >= 4 is 17.5 Å². The molecule has 4 atom stereocenters. The standard InChI is InChI=1S/C20H22N2O4/c1-19(2)16-15(23)14(22-21)13-17(19)26-18(24)20(13,16)9-6-10-25-11-12-7-4-3-5-8-12/h3-5,7-8,13,16-17H,6,9-11H2,1-2H3. The fourth-order valence-electron chi connectivity index (χ4n) is 5.40. The Morgan fingerprint density at radius 2 is 1.96 bits per heavy atom. The molecule has 0 amide bonds. The van der Waals surface area contributed by atoms with Crippen LogP contribution in [0, 0.1) is 22.7 Å². The van der Waals surface area contributed by atoms with E-state index >= 15 is 0 Å². The molecule has 2 aliphatic carbocycles. The lowest BCUT2D eigenvalue weighted by Crippen LogP contribution is -2.50. The Morgan fingerprint density at radius 3 is 2.65 bits per heavy atom. The Hall–Kier alpha value is -2.30. The van der Waals surface area contributed by atoms with Gasteiger partial charge in [-0.2, -0.15) is 4.79 Å². The van der Waals surface area contributed by atoms with Gasteiger partial charge in [-0.25, -0.2) is 0 Å². The van der Waals surface area contributed by atoms with Gasteiger partial charge in [-0.05, 0) is 18.4 Å². The second kappa shape index (κ2) is 5.86. The predicted molar refractivity (Wildman–Crippen MR) is 92.0 cm³/mol. The lowest BCUT2D eigenvalue weighted by atomic mass is 9.67. The molecule has 4 rings (SSSR count). The maximum atomic E-state index is 12.7. The smallest absolute Gasteiger partial charge is 0.342 e. The van der Waals surface area contributed by atoms with Crippen LogP contribution in [0.25, 0.3) is 5.53 Å². The highest BCUT2D eigenvalue weighted by atomic mass is 16.6. The van der Waals surface area contributed by atoms with Crippen molar-refractivity contribution in [2.75, 3.05) is 6.61 Å². The van der Waals surface area contributed by atoms with Gasteiger partial charge in [0.2, 0.25) is 5.78 Å². The van der Waals surface area contributed by atoms with E-state index in [1.165, 1.54) is 0 Å². The van der Waals surface area contributed by atoms with Crippen LogP contribution in [0.2, 0.25) is 0 Å². The average molecular weight is 354 g/mol. The molecule has 1 heterocycles. The Kier molecular flexibility index (Phi) is 3.86. The number of esters is 1. The van der Waals surface area contributed by atoms with E-state index in [0.717, 1.165) is 5.56 Å². The van der Waals surface area contributed by atoms with E-state index in [0.29, 0.717) is 26.1 Å². The highest BCUT2D eigenvalue weighted by molar-refractivity contribution is 6.44. The molecule has 1 aliphatic heterocycles. The second-order valence-electron chi connectivity index (χ2n) is 8.09. The van der Waals surface area contributed by atoms with Gasteiger partial charge in [0.1, 0.15) is 12.0 Å². The molecule has 2 saturated carbocycles. The van der Waals surface area contributed by atoms with Crippen molar-refractivity contribution in [2.45, 2.75) is 39.4 Å². The summed E-state index contributed by atoms with van der Waals surface area (Å²) in [6.07, 6.45) is 0.749. The van der Waals surface area contributed by atoms with Crippen molar-refractivity contribution in [3.8, 4) is 0 Å². The Labute approximate surface area is 152 Å². The number of carbonyl (C=O) groups is 2. The number of ether oxygens (including phenoxy) is 2. The Bertz CT molecular complexity index is 808. The van der Waals surface area contributed by atoms with Crippen molar-refractivity contribution in [1.29, 1.82) is 0 Å². The van der Waals surface area contributed by atoms with Gasteiger partial charge >= 0.3 is 11.7 Å². The molecule has 0 N–H and O–H groups in total. The number of carbonyl (C=O) groups excluding carboxylic acids is 2. The predicted octanol–water partition coefficient (Wildman–Crippen LogP) is 2.42. The number of nitrogens with zero attached hydrogens (tertiary/aromatic N) is 2. The molecule has 0 spiro atoms. The van der Waals surface area contributed by atoms with Crippen molar-refractivity contribution in [3.05, 3.63) is 41.4 Å². The van der Waals surface area contributed by atoms with Crippen LogP contribution in [0.4, 0.5) is 0 Å². The van der Waals surface area contributed by atoms with Crippen LogP contribution in [0.1, 0.15) is 32.3 Å². The minimum atomic E-state index is -0.900. The van der Waals surface area contributed by atoms with E-state index in [2.05, 4.69) is 4.79 Å². The molecular formula is C20H22N2O4. The van der Waals surface area contributed by atoms with Crippen LogP contribution in [-0.2, 0) is 25.7 Å². The van der Waals surface area contributed by atoms with Crippen LogP contribution in [0.5, 0.6) is 0 Å². The summed E-state index contributed by atoms with van der Waals surface area (Å²) in [4.78, 5) is 28.6. The molecule has 1 aromatic carbocycles. The molecule has 6 heteroatoms. The molecular weight excluding hydrogens is 332 g/mol. The SMILES string of the molecule is CC1(C)C2OC(=O)C3(CCCOCc4ccccc4)C2C(=[N+]=[N-])C(=O)C13. The molecule has 3 aliphatic rings. The average Bonchev–Trinajstić information content (AvgIpc) is 3.11. The molecule has 0 radical (unpaired) electrons. The summed E-state index contributed by atoms with van der Waals surface area (Å²) < 4.78 is 11.3. The van der Waals surface area contributed by atoms with Crippen molar-refractivity contribution in [1.82, 2.24) is 0 Å². The summed E-state index contributed by atoms with van der Waals surface area (Å²) in [5.41, 5.74) is 9.17. The van der Waals surface area contributed by atoms with Gasteiger partial charge in [-0.15, -0.1) is 0 Å². The fourth-order valence-corrected chi connectivity index (χ4v) is 5.40. The summed E-state index contributed by atoms with van der Waals surface area (Å²) in [5, 5.41) is 0. The summed E-state index contributed by atoms with van der Waals surface area (Å²) in [6.45, 7) is 4.93. The van der Waals surface area contributed by atoms with Gasteiger partial charge in [0.05, 0.1) is 17.9 Å². The molecule has 4 unspecified atom stereocenters. The third-order valence-corrected chi connectivity index (χ3v) is 6.37. The zero-order valence-corrected chi connectivity index (χ0v) is 15.0. The number of benzene rings is 1. The van der Waals surface area contributed by atoms with Gasteiger partial charge in [-0.3, -0.25) is 9.59 Å². The number of ketones is 1. The fraction of sp³-hybridized carbons (Fsp3) is 0.550. The Morgan fingerprint density at radius 1 is 1.23 bits per heavy atom. The van der Waals surface area contributed by atoms with Crippen LogP contribution in [0.15, 0.2) is 30.3 Å². The van der Waals surface area contributed by atoms with E-state index in [1.54, 1.807) is 0 Å². The van der Waals surface area contributed by atoms with Crippen LogP contribution < -0.4 is 0 Å². The first-order valence-corrected chi connectivity index (χ1v) is 9.03. The molecule has 6 nitrogen and oxygen atoms in total. The maximum absolute atomic E-state index is 12.7. The third kappa shape index (κ3) is 2.09. The minimum Gasteiger partial charge on any atom is -0.460 e. The van der Waals surface area contributed by atoms with Crippen LogP contribution in [0.3, 0.4) is 0 Å². The summed E-state index contributed by atoms with van der Waals surface area (Å²) in [6, 6.07) is 9.89. The first-order chi connectivity index (χ1) is 12.4. The lowest BCUT2D eigenvalue weighted by Gasteiger charge is -2.39. The zero-order valence-electron chi connectivity index (χ0n) is 15.0. The van der Waals surface area contributed by atoms with E-state index in [1.807, 2.05) is 44.2 Å². The minimum absolute atomic E-state index is 0.107. The highest BCUT2D eigenvalue weighted by Gasteiger charge is 2.85. The monoisotopic (exact) mass is 354 g/mol. The molecule has 3 fully saturated rings. The topological polar surface area (TPSA) is 89.0 Å². The van der Waals surface area contributed by atoms with Crippen molar-refractivity contribution in [2.24, 2.45) is 22.7 Å². The first kappa shape index (κ1) is 17.1. The maximum Gasteiger partial charge on any atom is 0.342 e. The van der Waals surface area contributed by atoms with E-state index in [-0.39, 0.29) is 17.5 Å². The quantitative estimate of drug-likeness (QED) is 0.340. The third-order valence-electron chi connectivity index (χ3n) is 6.37. The van der Waals surface area contributed by atoms with E-state index in [9.17, 15) is 15.1 Å². The van der Waals surface area contributed by atoms with Gasteiger partial charge in [-0.1, -0.05) is 44.2 Å². The lowest BCUT2D eigenvalue weighted by molar-refractivity contribution is -0.172. The van der Waals surface area contributed by atoms with Gasteiger partial charge < -0.3 is 15.0 Å². The van der Waals surface area contributed by atoms with Crippen molar-refractivity contribution in [3.63, 3.8) is 0 Å². The summed E-state index contributed by atoms with van der Waals surface area (Å²) >= 11 is 0. The van der Waals surface area contributed by atoms with E-state index < -0.39 is 28.8 Å². The van der Waals surface area contributed by atoms with E-state index in [4.69, 9.17) is 9.47 Å². The number of Topliss-reactive ketones (excluding diaryl/α,β-unsaturated/α-hetero) is 1. The molecule has 1 saturated heterocycles. The summed E-state index contributed by atoms with van der Waals surface area (Å²) in [5.74, 6) is -1.46. The molecule has 0 aromatic heterocycles. The second-order valence-corrected chi connectivity index (χ2v) is 8.09. The zero-order chi connectivity index (χ0) is 18.5. The largest absolute Gasteiger partial charge is 0.460 e. The number of hydrogen-bond donors (Lipinski definition) is 0.